The molecule has 0 spiro atoms. The number of nitrogens with one attached hydrogen (secondary N) is 1. The smallest absolute Gasteiger partial charge is 0.326 e. The van der Waals surface area contributed by atoms with Crippen molar-refractivity contribution >= 4 is 29.2 Å². The molecule has 0 aliphatic carbocycles. The molecule has 0 saturated carbocycles. The first-order valence-corrected chi connectivity index (χ1v) is 11.4. The van der Waals surface area contributed by atoms with Gasteiger partial charge in [-0.2, -0.15) is 0 Å². The van der Waals surface area contributed by atoms with E-state index in [9.17, 15) is 19.5 Å². The van der Waals surface area contributed by atoms with Gasteiger partial charge in [0.2, 0.25) is 5.91 Å². The molecule has 0 bridgehead atoms. The van der Waals surface area contributed by atoms with E-state index in [1.165, 1.54) is 16.9 Å². The summed E-state index contributed by atoms with van der Waals surface area (Å²) in [5.41, 5.74) is 2.75. The Morgan fingerprint density at radius 3 is 2.62 bits per heavy atom. The zero-order valence-electron chi connectivity index (χ0n) is 18.0. The van der Waals surface area contributed by atoms with Gasteiger partial charge in [0.05, 0.1) is 12.1 Å². The van der Waals surface area contributed by atoms with E-state index in [4.69, 9.17) is 5.11 Å². The van der Waals surface area contributed by atoms with Crippen molar-refractivity contribution in [2.24, 2.45) is 0 Å². The molecule has 1 aliphatic rings. The molecule has 2 aromatic rings. The Morgan fingerprint density at radius 1 is 1.19 bits per heavy atom. The molecular weight excluding hydrogens is 432 g/mol. The van der Waals surface area contributed by atoms with Crippen LogP contribution < -0.4 is 5.32 Å². The monoisotopic (exact) mass is 460 g/mol. The molecule has 10 heteroatoms. The molecule has 1 atom stereocenters. The number of carboxylic acid groups (broad SMARTS) is 2. The van der Waals surface area contributed by atoms with Crippen LogP contribution in [0.15, 0.2) is 29.6 Å². The topological polar surface area (TPSA) is 123 Å². The second-order valence-electron chi connectivity index (χ2n) is 7.99. The summed E-state index contributed by atoms with van der Waals surface area (Å²) in [6.45, 7) is 5.10. The van der Waals surface area contributed by atoms with Crippen molar-refractivity contribution in [3.8, 4) is 10.6 Å². The maximum atomic E-state index is 12.3. The van der Waals surface area contributed by atoms with Gasteiger partial charge in [0.25, 0.3) is 0 Å². The Kier molecular flexibility index (Phi) is 8.32. The summed E-state index contributed by atoms with van der Waals surface area (Å²) in [6, 6.07) is 6.99. The van der Waals surface area contributed by atoms with Crippen LogP contribution in [0.4, 0.5) is 0 Å². The number of aliphatic carboxylic acids is 2. The lowest BCUT2D eigenvalue weighted by molar-refractivity contribution is -0.143. The molecule has 1 unspecified atom stereocenters. The van der Waals surface area contributed by atoms with Crippen molar-refractivity contribution in [1.29, 1.82) is 0 Å². The molecule has 3 N–H and O–H groups in total. The van der Waals surface area contributed by atoms with E-state index < -0.39 is 23.9 Å². The van der Waals surface area contributed by atoms with Crippen molar-refractivity contribution < 1.29 is 24.6 Å². The summed E-state index contributed by atoms with van der Waals surface area (Å²) in [4.78, 5) is 43.5. The van der Waals surface area contributed by atoms with Crippen molar-refractivity contribution in [2.45, 2.75) is 31.8 Å². The summed E-state index contributed by atoms with van der Waals surface area (Å²) >= 11 is 1.43. The second kappa shape index (κ2) is 11.2. The number of rotatable bonds is 10. The minimum Gasteiger partial charge on any atom is -0.481 e. The van der Waals surface area contributed by atoms with Crippen molar-refractivity contribution in [3.63, 3.8) is 0 Å². The predicted molar refractivity (Wildman–Crippen MR) is 120 cm³/mol. The van der Waals surface area contributed by atoms with Gasteiger partial charge in [-0.05, 0) is 25.1 Å². The van der Waals surface area contributed by atoms with Crippen LogP contribution in [0.3, 0.4) is 0 Å². The van der Waals surface area contributed by atoms with Crippen molar-refractivity contribution in [3.05, 3.63) is 40.9 Å². The summed E-state index contributed by atoms with van der Waals surface area (Å²) in [7, 11) is 2.14. The van der Waals surface area contributed by atoms with E-state index in [0.29, 0.717) is 5.69 Å². The van der Waals surface area contributed by atoms with Crippen LogP contribution in [0.2, 0.25) is 0 Å². The van der Waals surface area contributed by atoms with Crippen LogP contribution in [0.5, 0.6) is 0 Å². The fourth-order valence-electron chi connectivity index (χ4n) is 3.52. The number of hydrogen-bond acceptors (Lipinski definition) is 7. The summed E-state index contributed by atoms with van der Waals surface area (Å²) < 4.78 is 0. The molecule has 2 heterocycles. The minimum absolute atomic E-state index is 0.0612. The quantitative estimate of drug-likeness (QED) is 0.488. The molecule has 1 aliphatic heterocycles. The SMILES string of the molecule is CN1CCN(Cc2cccc(-c3nc(CC(=O)NC(CCC(=O)O)C(=O)O)cs3)c2)CC1. The lowest BCUT2D eigenvalue weighted by Gasteiger charge is -2.32. The van der Waals surface area contributed by atoms with Gasteiger partial charge in [-0.1, -0.05) is 18.2 Å². The van der Waals surface area contributed by atoms with E-state index >= 15 is 0 Å². The number of carbonyl (C=O) groups is 3. The third kappa shape index (κ3) is 7.11. The first-order valence-electron chi connectivity index (χ1n) is 10.5. The molecule has 0 radical (unpaired) electrons. The lowest BCUT2D eigenvalue weighted by Crippen LogP contribution is -2.43. The zero-order valence-corrected chi connectivity index (χ0v) is 18.8. The summed E-state index contributed by atoms with van der Waals surface area (Å²) in [6.07, 6.45) is -0.560. The number of thiazole rings is 1. The average Bonchev–Trinajstić information content (AvgIpc) is 3.21. The van der Waals surface area contributed by atoms with Gasteiger partial charge in [0.15, 0.2) is 0 Å². The number of aromatic nitrogens is 1. The van der Waals surface area contributed by atoms with E-state index in [0.717, 1.165) is 43.3 Å². The zero-order chi connectivity index (χ0) is 23.1. The standard InChI is InChI=1S/C22H28N4O5S/c1-25-7-9-26(10-8-25)13-15-3-2-4-16(11-15)21-23-17(14-32-21)12-19(27)24-18(22(30)31)5-6-20(28)29/h2-4,11,14,18H,5-10,12-13H2,1H3,(H,24,27)(H,28,29)(H,30,31). The van der Waals surface area contributed by atoms with Crippen LogP contribution in [-0.2, 0) is 27.3 Å². The molecule has 1 amide bonds. The van der Waals surface area contributed by atoms with Crippen molar-refractivity contribution in [2.75, 3.05) is 33.2 Å². The fourth-order valence-corrected chi connectivity index (χ4v) is 4.34. The minimum atomic E-state index is -1.25. The molecule has 9 nitrogen and oxygen atoms in total. The van der Waals surface area contributed by atoms with Crippen LogP contribution in [0.1, 0.15) is 24.1 Å². The van der Waals surface area contributed by atoms with Gasteiger partial charge in [-0.3, -0.25) is 14.5 Å². The molecule has 3 rings (SSSR count). The Bertz CT molecular complexity index is 955. The lowest BCUT2D eigenvalue weighted by atomic mass is 10.1. The fraction of sp³-hybridized carbons (Fsp3) is 0.455. The van der Waals surface area contributed by atoms with E-state index in [2.05, 4.69) is 39.3 Å². The predicted octanol–water partition coefficient (Wildman–Crippen LogP) is 1.53. The number of likely N-dealkylation sites (N-methyl/N-ethyl adjacent to an activating group) is 1. The van der Waals surface area contributed by atoms with Crippen molar-refractivity contribution in [1.82, 2.24) is 20.1 Å². The first-order chi connectivity index (χ1) is 15.3. The molecule has 1 aromatic carbocycles. The van der Waals surface area contributed by atoms with E-state index in [-0.39, 0.29) is 19.3 Å². The van der Waals surface area contributed by atoms with Gasteiger partial charge in [0.1, 0.15) is 11.0 Å². The molecular formula is C22H28N4O5S. The first kappa shape index (κ1) is 23.8. The molecule has 32 heavy (non-hydrogen) atoms. The summed E-state index contributed by atoms with van der Waals surface area (Å²) in [5.74, 6) is -2.86. The Morgan fingerprint density at radius 2 is 1.94 bits per heavy atom. The highest BCUT2D eigenvalue weighted by Crippen LogP contribution is 2.25. The Balaban J connectivity index is 1.58. The highest BCUT2D eigenvalue weighted by Gasteiger charge is 2.21. The van der Waals surface area contributed by atoms with Gasteiger partial charge in [-0.25, -0.2) is 9.78 Å². The van der Waals surface area contributed by atoms with Crippen LogP contribution in [0, 0.1) is 0 Å². The van der Waals surface area contributed by atoms with Crippen LogP contribution in [0.25, 0.3) is 10.6 Å². The van der Waals surface area contributed by atoms with Gasteiger partial charge < -0.3 is 20.4 Å². The third-order valence-corrected chi connectivity index (χ3v) is 6.29. The molecule has 1 aromatic heterocycles. The molecule has 1 fully saturated rings. The average molecular weight is 461 g/mol. The number of piperazine rings is 1. The van der Waals surface area contributed by atoms with Gasteiger partial charge >= 0.3 is 11.9 Å². The highest BCUT2D eigenvalue weighted by molar-refractivity contribution is 7.13. The largest absolute Gasteiger partial charge is 0.481 e. The van der Waals surface area contributed by atoms with E-state index in [1.54, 1.807) is 5.38 Å². The van der Waals surface area contributed by atoms with Gasteiger partial charge in [0, 0.05) is 50.1 Å². The number of nitrogens with zero attached hydrogens (tertiary/aromatic N) is 3. The number of benzene rings is 1. The van der Waals surface area contributed by atoms with E-state index in [1.807, 2.05) is 12.1 Å². The highest BCUT2D eigenvalue weighted by atomic mass is 32.1. The number of carbonyl (C=O) groups excluding carboxylic acids is 1. The number of hydrogen-bond donors (Lipinski definition) is 3. The van der Waals surface area contributed by atoms with Gasteiger partial charge in [-0.15, -0.1) is 11.3 Å². The normalized spacial score (nSPS) is 15.9. The molecule has 1 saturated heterocycles. The summed E-state index contributed by atoms with van der Waals surface area (Å²) in [5, 5.41) is 22.9. The maximum Gasteiger partial charge on any atom is 0.326 e. The Hall–Kier alpha value is -2.82. The number of amides is 1. The molecule has 172 valence electrons. The Labute approximate surface area is 190 Å². The number of carboxylic acids is 2. The third-order valence-electron chi connectivity index (χ3n) is 5.35. The van der Waals surface area contributed by atoms with Crippen LogP contribution in [-0.4, -0.2) is 82.1 Å². The maximum absolute atomic E-state index is 12.3. The second-order valence-corrected chi connectivity index (χ2v) is 8.85. The van der Waals surface area contributed by atoms with Crippen LogP contribution >= 0.6 is 11.3 Å².